The lowest BCUT2D eigenvalue weighted by atomic mass is 10.1. The van der Waals surface area contributed by atoms with Gasteiger partial charge in [-0.3, -0.25) is 0 Å². The maximum atomic E-state index is 6.63. The van der Waals surface area contributed by atoms with E-state index < -0.39 is 0 Å². The van der Waals surface area contributed by atoms with E-state index in [-0.39, 0.29) is 0 Å². The zero-order chi connectivity index (χ0) is 23.9. The van der Waals surface area contributed by atoms with E-state index in [9.17, 15) is 0 Å². The number of aryl methyl sites for hydroxylation is 1. The number of nitrogens with one attached hydrogen (secondary N) is 1. The largest absolute Gasteiger partial charge is 0.490 e. The third-order valence-electron chi connectivity index (χ3n) is 6.18. The predicted molar refractivity (Wildman–Crippen MR) is 146 cm³/mol. The van der Waals surface area contributed by atoms with Gasteiger partial charge in [-0.1, -0.05) is 51.8 Å². The number of rotatable bonds is 9. The summed E-state index contributed by atoms with van der Waals surface area (Å²) in [6.07, 6.45) is 3.77. The number of hydrogen-bond donors (Lipinski definition) is 1. The average Bonchev–Trinajstić information content (AvgIpc) is 2.84. The summed E-state index contributed by atoms with van der Waals surface area (Å²) in [5.74, 6) is 1.48. The van der Waals surface area contributed by atoms with E-state index in [0.29, 0.717) is 19.8 Å². The van der Waals surface area contributed by atoms with E-state index in [2.05, 4.69) is 57.3 Å². The maximum Gasteiger partial charge on any atom is 0.162 e. The first-order valence-electron chi connectivity index (χ1n) is 12.0. The lowest BCUT2D eigenvalue weighted by Gasteiger charge is -2.29. The van der Waals surface area contributed by atoms with Gasteiger partial charge in [-0.05, 0) is 80.1 Å². The van der Waals surface area contributed by atoms with E-state index in [1.807, 2.05) is 37.3 Å². The fourth-order valence-electron chi connectivity index (χ4n) is 4.23. The van der Waals surface area contributed by atoms with Crippen LogP contribution in [-0.2, 0) is 13.2 Å². The molecule has 0 saturated carbocycles. The molecule has 0 spiro atoms. The van der Waals surface area contributed by atoms with Gasteiger partial charge in [-0.15, -0.1) is 0 Å². The van der Waals surface area contributed by atoms with Gasteiger partial charge >= 0.3 is 0 Å². The Morgan fingerprint density at radius 3 is 2.44 bits per heavy atom. The van der Waals surface area contributed by atoms with E-state index in [4.69, 9.17) is 21.1 Å². The van der Waals surface area contributed by atoms with Gasteiger partial charge in [-0.2, -0.15) is 0 Å². The fraction of sp³-hybridized carbons (Fsp3) is 0.357. The number of ether oxygens (including phenoxy) is 2. The highest BCUT2D eigenvalue weighted by Gasteiger charge is 2.15. The highest BCUT2D eigenvalue weighted by atomic mass is 79.9. The summed E-state index contributed by atoms with van der Waals surface area (Å²) in [6, 6.07) is 18.5. The fourth-order valence-corrected chi connectivity index (χ4v) is 4.99. The molecule has 1 fully saturated rings. The highest BCUT2D eigenvalue weighted by Crippen LogP contribution is 2.36. The SMILES string of the molecule is CCOc1cc(CNc2ccc(N3CCCCC3)c(Cl)c2)c(Br)cc1OCc1ccccc1C. The van der Waals surface area contributed by atoms with Crippen molar-refractivity contribution in [2.45, 2.75) is 46.3 Å². The molecule has 3 aromatic rings. The zero-order valence-corrected chi connectivity index (χ0v) is 22.2. The van der Waals surface area contributed by atoms with Crippen molar-refractivity contribution in [2.75, 3.05) is 29.9 Å². The molecular weight excluding hydrogens is 512 g/mol. The molecule has 1 heterocycles. The van der Waals surface area contributed by atoms with Gasteiger partial charge < -0.3 is 19.7 Å². The van der Waals surface area contributed by atoms with Crippen LogP contribution in [-0.4, -0.2) is 19.7 Å². The summed E-state index contributed by atoms with van der Waals surface area (Å²) in [6.45, 7) is 7.95. The molecule has 0 unspecified atom stereocenters. The monoisotopic (exact) mass is 542 g/mol. The Balaban J connectivity index is 1.45. The van der Waals surface area contributed by atoms with Crippen LogP contribution in [0.2, 0.25) is 5.02 Å². The van der Waals surface area contributed by atoms with Gasteiger partial charge in [-0.25, -0.2) is 0 Å². The smallest absolute Gasteiger partial charge is 0.162 e. The summed E-state index contributed by atoms with van der Waals surface area (Å²) in [4.78, 5) is 2.39. The van der Waals surface area contributed by atoms with Crippen LogP contribution in [0.4, 0.5) is 11.4 Å². The third kappa shape index (κ3) is 6.19. The quantitative estimate of drug-likeness (QED) is 0.296. The number of hydrogen-bond acceptors (Lipinski definition) is 4. The number of halogens is 2. The van der Waals surface area contributed by atoms with Gasteiger partial charge in [0.05, 0.1) is 17.3 Å². The second-order valence-corrected chi connectivity index (χ2v) is 9.87. The molecule has 180 valence electrons. The number of nitrogens with zero attached hydrogens (tertiary/aromatic N) is 1. The minimum Gasteiger partial charge on any atom is -0.490 e. The van der Waals surface area contributed by atoms with Crippen molar-refractivity contribution in [3.63, 3.8) is 0 Å². The van der Waals surface area contributed by atoms with Gasteiger partial charge in [0, 0.05) is 29.8 Å². The molecule has 34 heavy (non-hydrogen) atoms. The Morgan fingerprint density at radius 1 is 0.941 bits per heavy atom. The van der Waals surface area contributed by atoms with Crippen LogP contribution in [0.1, 0.15) is 42.9 Å². The molecular formula is C28H32BrClN2O2. The Hall–Kier alpha value is -2.37. The van der Waals surface area contributed by atoms with Crippen molar-refractivity contribution in [1.29, 1.82) is 0 Å². The first kappa shape index (κ1) is 24.7. The molecule has 0 radical (unpaired) electrons. The van der Waals surface area contributed by atoms with Crippen LogP contribution in [0.5, 0.6) is 11.5 Å². The first-order valence-corrected chi connectivity index (χ1v) is 13.1. The second-order valence-electron chi connectivity index (χ2n) is 8.61. The van der Waals surface area contributed by atoms with Crippen molar-refractivity contribution < 1.29 is 9.47 Å². The number of benzene rings is 3. The van der Waals surface area contributed by atoms with Crippen LogP contribution in [0.25, 0.3) is 0 Å². The molecule has 0 aliphatic carbocycles. The van der Waals surface area contributed by atoms with Gasteiger partial charge in [0.25, 0.3) is 0 Å². The van der Waals surface area contributed by atoms with Crippen LogP contribution in [0.15, 0.2) is 59.1 Å². The summed E-state index contributed by atoms with van der Waals surface area (Å²) < 4.78 is 13.0. The average molecular weight is 544 g/mol. The lowest BCUT2D eigenvalue weighted by Crippen LogP contribution is -2.29. The van der Waals surface area contributed by atoms with Crippen LogP contribution >= 0.6 is 27.5 Å². The molecule has 0 aromatic heterocycles. The Kier molecular flexibility index (Phi) is 8.63. The maximum absolute atomic E-state index is 6.63. The minimum atomic E-state index is 0.499. The van der Waals surface area contributed by atoms with Gasteiger partial charge in [0.2, 0.25) is 0 Å². The van der Waals surface area contributed by atoms with Crippen molar-refractivity contribution in [3.8, 4) is 11.5 Å². The Labute approximate surface area is 216 Å². The molecule has 0 amide bonds. The van der Waals surface area contributed by atoms with E-state index in [1.54, 1.807) is 0 Å². The number of piperidine rings is 1. The van der Waals surface area contributed by atoms with Crippen LogP contribution < -0.4 is 19.7 Å². The van der Waals surface area contributed by atoms with Crippen LogP contribution in [0.3, 0.4) is 0 Å². The van der Waals surface area contributed by atoms with Gasteiger partial charge in [0.15, 0.2) is 11.5 Å². The zero-order valence-electron chi connectivity index (χ0n) is 19.9. The topological polar surface area (TPSA) is 33.7 Å². The predicted octanol–water partition coefficient (Wildman–Crippen LogP) is 7.99. The standard InChI is InChI=1S/C28H32BrClN2O2/c1-3-33-27-15-22(24(29)17-28(27)34-19-21-10-6-5-9-20(21)2)18-31-23-11-12-26(25(30)16-23)32-13-7-4-8-14-32/h5-6,9-12,15-17,31H,3-4,7-8,13-14,18-19H2,1-2H3. The second kappa shape index (κ2) is 11.9. The van der Waals surface area contributed by atoms with Crippen molar-refractivity contribution >= 4 is 38.9 Å². The molecule has 0 bridgehead atoms. The summed E-state index contributed by atoms with van der Waals surface area (Å²) in [7, 11) is 0. The summed E-state index contributed by atoms with van der Waals surface area (Å²) in [5.41, 5.74) is 5.59. The lowest BCUT2D eigenvalue weighted by molar-refractivity contribution is 0.268. The third-order valence-corrected chi connectivity index (χ3v) is 7.23. The molecule has 0 atom stereocenters. The summed E-state index contributed by atoms with van der Waals surface area (Å²) in [5, 5.41) is 4.29. The van der Waals surface area contributed by atoms with E-state index in [1.165, 1.54) is 24.8 Å². The molecule has 1 aliphatic rings. The van der Waals surface area contributed by atoms with Crippen molar-refractivity contribution in [1.82, 2.24) is 0 Å². The highest BCUT2D eigenvalue weighted by molar-refractivity contribution is 9.10. The molecule has 4 rings (SSSR count). The molecule has 1 aliphatic heterocycles. The van der Waals surface area contributed by atoms with E-state index >= 15 is 0 Å². The summed E-state index contributed by atoms with van der Waals surface area (Å²) >= 11 is 10.3. The molecule has 1 saturated heterocycles. The molecule has 6 heteroatoms. The number of anilines is 2. The van der Waals surface area contributed by atoms with Gasteiger partial charge in [0.1, 0.15) is 6.61 Å². The molecule has 1 N–H and O–H groups in total. The van der Waals surface area contributed by atoms with Crippen molar-refractivity contribution in [2.24, 2.45) is 0 Å². The van der Waals surface area contributed by atoms with Crippen molar-refractivity contribution in [3.05, 3.63) is 80.8 Å². The Morgan fingerprint density at radius 2 is 1.71 bits per heavy atom. The Bertz CT molecular complexity index is 1120. The molecule has 4 nitrogen and oxygen atoms in total. The normalized spacial score (nSPS) is 13.6. The van der Waals surface area contributed by atoms with Crippen LogP contribution in [0, 0.1) is 6.92 Å². The molecule has 3 aromatic carbocycles. The first-order chi connectivity index (χ1) is 16.5. The minimum absolute atomic E-state index is 0.499. The van der Waals surface area contributed by atoms with E-state index in [0.717, 1.165) is 56.6 Å².